The molecule has 1 unspecified atom stereocenters. The predicted molar refractivity (Wildman–Crippen MR) is 107 cm³/mol. The molecule has 1 saturated heterocycles. The maximum Gasteiger partial charge on any atom is 0.399 e. The maximum atomic E-state index is 10.1. The number of aromatic nitrogens is 1. The molecule has 152 valence electrons. The third-order valence-corrected chi connectivity index (χ3v) is 5.26. The van der Waals surface area contributed by atoms with Crippen LogP contribution in [-0.2, 0) is 11.2 Å². The average Bonchev–Trinajstić information content (AvgIpc) is 3.23. The first-order valence-corrected chi connectivity index (χ1v) is 9.81. The van der Waals surface area contributed by atoms with Gasteiger partial charge in [0.15, 0.2) is 0 Å². The third kappa shape index (κ3) is 4.85. The molecule has 4 rings (SSSR count). The summed E-state index contributed by atoms with van der Waals surface area (Å²) in [5.41, 5.74) is 4.59. The van der Waals surface area contributed by atoms with Gasteiger partial charge in [0.25, 0.3) is 0 Å². The molecule has 2 aromatic carbocycles. The molecule has 0 saturated carbocycles. The standard InChI is InChI=1S/C23H25NO5/c1-15-2-5-17(22-13-19(26)12-21(14-25)28-22)11-18(15)10-16-3-6-20(7-4-16)29-23-24-8-9-27-23/h2-9,11,19,21-22,25-26H,10,12-14H2,1H3/t19?,21-,22+/m0/s1. The van der Waals surface area contributed by atoms with Gasteiger partial charge in [0.2, 0.25) is 0 Å². The molecular weight excluding hydrogens is 370 g/mol. The highest BCUT2D eigenvalue weighted by molar-refractivity contribution is 5.38. The molecule has 1 fully saturated rings. The number of rotatable bonds is 6. The second-order valence-electron chi connectivity index (χ2n) is 7.46. The SMILES string of the molecule is Cc1ccc([C@H]2CC(O)C[C@@H](CO)O2)cc1Cc1ccc(Oc2ncco2)cc1. The van der Waals surface area contributed by atoms with Crippen molar-refractivity contribution in [1.29, 1.82) is 0 Å². The lowest BCUT2D eigenvalue weighted by Gasteiger charge is -2.32. The highest BCUT2D eigenvalue weighted by Crippen LogP contribution is 2.33. The van der Waals surface area contributed by atoms with E-state index in [1.807, 2.05) is 30.3 Å². The van der Waals surface area contributed by atoms with Gasteiger partial charge < -0.3 is 24.1 Å². The number of aliphatic hydroxyl groups is 2. The van der Waals surface area contributed by atoms with Gasteiger partial charge in [0.05, 0.1) is 31.1 Å². The van der Waals surface area contributed by atoms with Gasteiger partial charge in [-0.2, -0.15) is 4.98 Å². The fourth-order valence-electron chi connectivity index (χ4n) is 3.66. The Hall–Kier alpha value is -2.67. The first-order chi connectivity index (χ1) is 14.1. The van der Waals surface area contributed by atoms with Gasteiger partial charge in [-0.3, -0.25) is 0 Å². The molecule has 6 heteroatoms. The Kier molecular flexibility index (Phi) is 5.94. The Morgan fingerprint density at radius 2 is 1.97 bits per heavy atom. The Morgan fingerprint density at radius 3 is 2.69 bits per heavy atom. The number of nitrogens with zero attached hydrogens (tertiary/aromatic N) is 1. The zero-order chi connectivity index (χ0) is 20.2. The molecule has 3 atom stereocenters. The van der Waals surface area contributed by atoms with Gasteiger partial charge >= 0.3 is 6.08 Å². The molecule has 1 aromatic heterocycles. The van der Waals surface area contributed by atoms with Crippen LogP contribution in [0.2, 0.25) is 0 Å². The van der Waals surface area contributed by atoms with Crippen LogP contribution in [0.4, 0.5) is 0 Å². The Balaban J connectivity index is 1.48. The van der Waals surface area contributed by atoms with E-state index in [1.54, 1.807) is 0 Å². The number of hydrogen-bond acceptors (Lipinski definition) is 6. The van der Waals surface area contributed by atoms with E-state index < -0.39 is 6.10 Å². The second kappa shape index (κ2) is 8.78. The first kappa shape index (κ1) is 19.6. The molecule has 29 heavy (non-hydrogen) atoms. The monoisotopic (exact) mass is 395 g/mol. The predicted octanol–water partition coefficient (Wildman–Crippen LogP) is 3.94. The molecule has 2 N–H and O–H groups in total. The average molecular weight is 395 g/mol. The van der Waals surface area contributed by atoms with Crippen molar-refractivity contribution < 1.29 is 24.1 Å². The van der Waals surface area contributed by atoms with Crippen LogP contribution in [0.15, 0.2) is 59.3 Å². The first-order valence-electron chi connectivity index (χ1n) is 9.81. The van der Waals surface area contributed by atoms with Crippen molar-refractivity contribution in [2.75, 3.05) is 6.61 Å². The molecule has 0 amide bonds. The molecule has 1 aliphatic rings. The van der Waals surface area contributed by atoms with Gasteiger partial charge in [0, 0.05) is 12.8 Å². The van der Waals surface area contributed by atoms with Crippen LogP contribution in [-0.4, -0.2) is 34.0 Å². The number of aryl methyl sites for hydroxylation is 1. The molecular formula is C23H25NO5. The van der Waals surface area contributed by atoms with E-state index in [-0.39, 0.29) is 24.9 Å². The summed E-state index contributed by atoms with van der Waals surface area (Å²) >= 11 is 0. The topological polar surface area (TPSA) is 85.0 Å². The van der Waals surface area contributed by atoms with Gasteiger partial charge in [0.1, 0.15) is 12.0 Å². The third-order valence-electron chi connectivity index (χ3n) is 5.26. The normalized spacial score (nSPS) is 21.8. The van der Waals surface area contributed by atoms with Crippen LogP contribution in [0, 0.1) is 6.92 Å². The van der Waals surface area contributed by atoms with Crippen LogP contribution in [0.25, 0.3) is 0 Å². The van der Waals surface area contributed by atoms with E-state index in [4.69, 9.17) is 13.9 Å². The van der Waals surface area contributed by atoms with Gasteiger partial charge in [-0.1, -0.05) is 30.3 Å². The fourth-order valence-corrected chi connectivity index (χ4v) is 3.66. The highest BCUT2D eigenvalue weighted by Gasteiger charge is 2.29. The van der Waals surface area contributed by atoms with Crippen LogP contribution in [0.5, 0.6) is 11.8 Å². The molecule has 0 spiro atoms. The number of hydrogen-bond donors (Lipinski definition) is 2. The van der Waals surface area contributed by atoms with Gasteiger partial charge in [-0.15, -0.1) is 0 Å². The maximum absolute atomic E-state index is 10.1. The summed E-state index contributed by atoms with van der Waals surface area (Å²) < 4.78 is 16.6. The summed E-state index contributed by atoms with van der Waals surface area (Å²) in [4.78, 5) is 3.95. The number of ether oxygens (including phenoxy) is 2. The Labute approximate surface area is 169 Å². The summed E-state index contributed by atoms with van der Waals surface area (Å²) in [5.74, 6) is 0.668. The zero-order valence-electron chi connectivity index (χ0n) is 16.3. The smallest absolute Gasteiger partial charge is 0.399 e. The molecule has 6 nitrogen and oxygen atoms in total. The Morgan fingerprint density at radius 1 is 1.14 bits per heavy atom. The number of aliphatic hydroxyl groups excluding tert-OH is 2. The minimum absolute atomic E-state index is 0.0752. The highest BCUT2D eigenvalue weighted by atomic mass is 16.6. The summed E-state index contributed by atoms with van der Waals surface area (Å²) in [6.07, 6.45) is 4.06. The van der Waals surface area contributed by atoms with Crippen molar-refractivity contribution in [3.05, 3.63) is 77.2 Å². The molecule has 2 heterocycles. The van der Waals surface area contributed by atoms with Gasteiger partial charge in [-0.25, -0.2) is 0 Å². The van der Waals surface area contributed by atoms with Crippen molar-refractivity contribution in [2.24, 2.45) is 0 Å². The second-order valence-corrected chi connectivity index (χ2v) is 7.46. The van der Waals surface area contributed by atoms with E-state index >= 15 is 0 Å². The van der Waals surface area contributed by atoms with Gasteiger partial charge in [-0.05, 0) is 47.7 Å². The zero-order valence-corrected chi connectivity index (χ0v) is 16.3. The van der Waals surface area contributed by atoms with E-state index in [1.165, 1.54) is 23.6 Å². The van der Waals surface area contributed by atoms with Crippen LogP contribution < -0.4 is 4.74 Å². The fraction of sp³-hybridized carbons (Fsp3) is 0.348. The molecule has 1 aliphatic heterocycles. The van der Waals surface area contributed by atoms with E-state index in [9.17, 15) is 10.2 Å². The van der Waals surface area contributed by atoms with E-state index in [0.29, 0.717) is 18.6 Å². The lowest BCUT2D eigenvalue weighted by Crippen LogP contribution is -2.33. The summed E-state index contributed by atoms with van der Waals surface area (Å²) in [6, 6.07) is 14.1. The lowest BCUT2D eigenvalue weighted by atomic mass is 9.92. The molecule has 0 bridgehead atoms. The summed E-state index contributed by atoms with van der Waals surface area (Å²) in [7, 11) is 0. The number of oxazole rings is 1. The molecule has 0 aliphatic carbocycles. The minimum atomic E-state index is -0.452. The van der Waals surface area contributed by atoms with Crippen molar-refractivity contribution in [2.45, 2.75) is 44.5 Å². The Bertz CT molecular complexity index is 923. The molecule has 3 aromatic rings. The largest absolute Gasteiger partial charge is 0.417 e. The van der Waals surface area contributed by atoms with Crippen molar-refractivity contribution >= 4 is 0 Å². The van der Waals surface area contributed by atoms with Crippen LogP contribution >= 0.6 is 0 Å². The van der Waals surface area contributed by atoms with Crippen molar-refractivity contribution in [3.8, 4) is 11.8 Å². The summed E-state index contributed by atoms with van der Waals surface area (Å²) in [5, 5.41) is 19.5. The lowest BCUT2D eigenvalue weighted by molar-refractivity contribution is -0.113. The molecule has 0 radical (unpaired) electrons. The number of benzene rings is 2. The quantitative estimate of drug-likeness (QED) is 0.658. The van der Waals surface area contributed by atoms with E-state index in [2.05, 4.69) is 24.0 Å². The summed E-state index contributed by atoms with van der Waals surface area (Å²) in [6.45, 7) is 2.01. The minimum Gasteiger partial charge on any atom is -0.417 e. The van der Waals surface area contributed by atoms with Crippen LogP contribution in [0.1, 0.15) is 41.2 Å². The van der Waals surface area contributed by atoms with Crippen molar-refractivity contribution in [1.82, 2.24) is 4.98 Å². The van der Waals surface area contributed by atoms with E-state index in [0.717, 1.165) is 17.5 Å². The van der Waals surface area contributed by atoms with Crippen molar-refractivity contribution in [3.63, 3.8) is 0 Å². The van der Waals surface area contributed by atoms with Crippen LogP contribution in [0.3, 0.4) is 0 Å².